The number of carbonyl (C=O) groups excluding carboxylic acids is 1. The van der Waals surface area contributed by atoms with Gasteiger partial charge in [-0.25, -0.2) is 4.98 Å². The molecule has 0 radical (unpaired) electrons. The number of hydrogen-bond acceptors (Lipinski definition) is 8. The molecule has 41 heavy (non-hydrogen) atoms. The third-order valence-electron chi connectivity index (χ3n) is 9.55. The lowest BCUT2D eigenvalue weighted by molar-refractivity contribution is -0.128. The first-order chi connectivity index (χ1) is 20.0. The molecule has 3 atom stereocenters. The van der Waals surface area contributed by atoms with Gasteiger partial charge in [0.15, 0.2) is 0 Å². The van der Waals surface area contributed by atoms with E-state index < -0.39 is 0 Å². The molecule has 4 heterocycles. The van der Waals surface area contributed by atoms with Crippen molar-refractivity contribution in [3.8, 4) is 6.07 Å². The molecule has 2 aromatic rings. The van der Waals surface area contributed by atoms with Gasteiger partial charge < -0.3 is 24.5 Å². The van der Waals surface area contributed by atoms with Crippen LogP contribution in [0.25, 0.3) is 0 Å². The van der Waals surface area contributed by atoms with Crippen LogP contribution in [-0.2, 0) is 24.1 Å². The van der Waals surface area contributed by atoms with Gasteiger partial charge in [0, 0.05) is 69.0 Å². The number of fused-ring (bicyclic) bond motifs is 2. The molecular weight excluding hydrogens is 512 g/mol. The first kappa shape index (κ1) is 27.5. The summed E-state index contributed by atoms with van der Waals surface area (Å²) >= 11 is 0. The van der Waals surface area contributed by atoms with Gasteiger partial charge >= 0.3 is 0 Å². The Morgan fingerprint density at radius 1 is 1.10 bits per heavy atom. The fourth-order valence-electron chi connectivity index (χ4n) is 7.26. The number of hydrogen-bond donors (Lipinski definition) is 0. The maximum absolute atomic E-state index is 12.6. The van der Waals surface area contributed by atoms with Crippen molar-refractivity contribution in [2.75, 3.05) is 68.1 Å². The number of benzene rings is 1. The smallest absolute Gasteiger partial charge is 0.246 e. The summed E-state index contributed by atoms with van der Waals surface area (Å²) in [5, 5.41) is 9.55. The molecule has 1 amide bonds. The largest absolute Gasteiger partial charge is 0.368 e. The van der Waals surface area contributed by atoms with Crippen molar-refractivity contribution in [3.05, 3.63) is 53.7 Å². The van der Waals surface area contributed by atoms with Crippen LogP contribution in [0.4, 0.5) is 17.5 Å². The Hall–Kier alpha value is -3.64. The number of anilines is 3. The monoisotopic (exact) mass is 554 g/mol. The van der Waals surface area contributed by atoms with Gasteiger partial charge in [-0.2, -0.15) is 10.2 Å². The summed E-state index contributed by atoms with van der Waals surface area (Å²) in [6.07, 6.45) is 8.01. The average molecular weight is 555 g/mol. The van der Waals surface area contributed by atoms with Crippen molar-refractivity contribution in [1.29, 1.82) is 5.26 Å². The van der Waals surface area contributed by atoms with E-state index in [4.69, 9.17) is 9.97 Å². The molecule has 3 aliphatic heterocycles. The summed E-state index contributed by atoms with van der Waals surface area (Å²) in [5.74, 6) is 1.72. The Morgan fingerprint density at radius 2 is 1.95 bits per heavy atom. The van der Waals surface area contributed by atoms with E-state index in [2.05, 4.69) is 70.6 Å². The van der Waals surface area contributed by atoms with Gasteiger partial charge in [-0.05, 0) is 63.9 Å². The molecule has 2 saturated heterocycles. The molecule has 1 aromatic carbocycles. The van der Waals surface area contributed by atoms with Crippen LogP contribution in [0.15, 0.2) is 36.9 Å². The molecule has 0 saturated carbocycles. The number of rotatable bonds is 6. The van der Waals surface area contributed by atoms with Crippen molar-refractivity contribution >= 4 is 23.4 Å². The van der Waals surface area contributed by atoms with Crippen LogP contribution in [0.2, 0.25) is 0 Å². The topological polar surface area (TPSA) is 82.8 Å². The highest BCUT2D eigenvalue weighted by Gasteiger charge is 2.36. The number of carbonyl (C=O) groups is 1. The SMILES string of the molecule is C=CC(=O)N1CCN(c2nc(N3CC[C@H](N(C)C)C3)nc3c2CC[C@@H](N2CCCc4ccccc42)C3)C[C@@H]1CC#N. The summed E-state index contributed by atoms with van der Waals surface area (Å²) in [7, 11) is 4.29. The lowest BCUT2D eigenvalue weighted by Crippen LogP contribution is -2.55. The van der Waals surface area contributed by atoms with Crippen LogP contribution < -0.4 is 14.7 Å². The minimum atomic E-state index is -0.181. The second-order valence-electron chi connectivity index (χ2n) is 12.1. The van der Waals surface area contributed by atoms with E-state index in [0.717, 1.165) is 63.5 Å². The summed E-state index contributed by atoms with van der Waals surface area (Å²) in [5.41, 5.74) is 5.25. The van der Waals surface area contributed by atoms with Crippen molar-refractivity contribution in [1.82, 2.24) is 19.8 Å². The van der Waals surface area contributed by atoms with E-state index in [1.807, 2.05) is 0 Å². The van der Waals surface area contributed by atoms with Crippen LogP contribution in [0, 0.1) is 11.3 Å². The molecule has 0 unspecified atom stereocenters. The number of piperazine rings is 1. The van der Waals surface area contributed by atoms with E-state index in [9.17, 15) is 10.1 Å². The van der Waals surface area contributed by atoms with Gasteiger partial charge in [-0.15, -0.1) is 0 Å². The normalized spacial score (nSPS) is 24.2. The summed E-state index contributed by atoms with van der Waals surface area (Å²) in [6.45, 7) is 8.48. The molecule has 2 fully saturated rings. The third kappa shape index (κ3) is 5.38. The van der Waals surface area contributed by atoms with Crippen molar-refractivity contribution in [2.24, 2.45) is 0 Å². The van der Waals surface area contributed by atoms with Crippen LogP contribution in [-0.4, -0.2) is 97.2 Å². The van der Waals surface area contributed by atoms with E-state index in [1.54, 1.807) is 4.90 Å². The van der Waals surface area contributed by atoms with Crippen molar-refractivity contribution in [3.63, 3.8) is 0 Å². The van der Waals surface area contributed by atoms with Crippen LogP contribution >= 0.6 is 0 Å². The molecule has 0 bridgehead atoms. The maximum atomic E-state index is 12.6. The molecule has 216 valence electrons. The predicted molar refractivity (Wildman–Crippen MR) is 162 cm³/mol. The van der Waals surface area contributed by atoms with Gasteiger partial charge in [0.2, 0.25) is 11.9 Å². The molecule has 6 rings (SSSR count). The molecule has 4 aliphatic rings. The summed E-state index contributed by atoms with van der Waals surface area (Å²) in [4.78, 5) is 34.5. The fourth-order valence-corrected chi connectivity index (χ4v) is 7.26. The van der Waals surface area contributed by atoms with Gasteiger partial charge in [0.1, 0.15) is 5.82 Å². The maximum Gasteiger partial charge on any atom is 0.246 e. The Bertz CT molecular complexity index is 1340. The van der Waals surface area contributed by atoms with Gasteiger partial charge in [0.25, 0.3) is 0 Å². The Kier molecular flexibility index (Phi) is 7.85. The van der Waals surface area contributed by atoms with Gasteiger partial charge in [-0.1, -0.05) is 24.8 Å². The third-order valence-corrected chi connectivity index (χ3v) is 9.55. The molecule has 0 spiro atoms. The fraction of sp³-hybridized carbons (Fsp3) is 0.562. The number of nitrogens with zero attached hydrogens (tertiary/aromatic N) is 8. The molecule has 9 nitrogen and oxygen atoms in total. The van der Waals surface area contributed by atoms with Crippen LogP contribution in [0.5, 0.6) is 0 Å². The zero-order chi connectivity index (χ0) is 28.5. The number of likely N-dealkylation sites (N-methyl/N-ethyl adjacent to an activating group) is 1. The number of aryl methyl sites for hydroxylation is 1. The highest BCUT2D eigenvalue weighted by atomic mass is 16.2. The quantitative estimate of drug-likeness (QED) is 0.504. The van der Waals surface area contributed by atoms with E-state index in [1.165, 1.54) is 35.0 Å². The zero-order valence-electron chi connectivity index (χ0n) is 24.5. The highest BCUT2D eigenvalue weighted by Crippen LogP contribution is 2.37. The summed E-state index contributed by atoms with van der Waals surface area (Å²) < 4.78 is 0. The molecule has 1 aromatic heterocycles. The molecule has 1 aliphatic carbocycles. The minimum absolute atomic E-state index is 0.105. The van der Waals surface area contributed by atoms with Crippen LogP contribution in [0.3, 0.4) is 0 Å². The second kappa shape index (κ2) is 11.7. The number of para-hydroxylation sites is 1. The van der Waals surface area contributed by atoms with E-state index in [-0.39, 0.29) is 11.9 Å². The van der Waals surface area contributed by atoms with Crippen LogP contribution in [0.1, 0.15) is 42.5 Å². The van der Waals surface area contributed by atoms with Crippen molar-refractivity contribution in [2.45, 2.75) is 63.1 Å². The lowest BCUT2D eigenvalue weighted by Gasteiger charge is -2.43. The number of amides is 1. The number of aromatic nitrogens is 2. The Labute approximate surface area is 244 Å². The molecular formula is C32H42N8O. The van der Waals surface area contributed by atoms with Crippen molar-refractivity contribution < 1.29 is 4.79 Å². The van der Waals surface area contributed by atoms with E-state index >= 15 is 0 Å². The molecule has 0 N–H and O–H groups in total. The first-order valence-corrected chi connectivity index (χ1v) is 15.2. The Balaban J connectivity index is 1.33. The standard InChI is InChI=1S/C32H42N8O/c1-4-30(41)40-19-18-37(22-26(40)13-15-33)31-27-12-11-24(39-16-7-9-23-8-5-6-10-29(23)39)20-28(27)34-32(35-31)38-17-14-25(21-38)36(2)3/h4-6,8,10,24-26H,1,7,9,11-14,16-22H2,2-3H3/t24-,25+,26+/m1/s1. The molecule has 9 heteroatoms. The highest BCUT2D eigenvalue weighted by molar-refractivity contribution is 5.87. The average Bonchev–Trinajstić information content (AvgIpc) is 3.51. The number of nitriles is 1. The predicted octanol–water partition coefficient (Wildman–Crippen LogP) is 3.04. The van der Waals surface area contributed by atoms with Gasteiger partial charge in [0.05, 0.1) is 24.2 Å². The van der Waals surface area contributed by atoms with Gasteiger partial charge in [-0.3, -0.25) is 4.79 Å². The minimum Gasteiger partial charge on any atom is -0.368 e. The zero-order valence-corrected chi connectivity index (χ0v) is 24.5. The first-order valence-electron chi connectivity index (χ1n) is 15.2. The second-order valence-corrected chi connectivity index (χ2v) is 12.1. The summed E-state index contributed by atoms with van der Waals surface area (Å²) in [6, 6.07) is 11.9. The van der Waals surface area contributed by atoms with E-state index in [0.29, 0.717) is 38.1 Å². The lowest BCUT2D eigenvalue weighted by atomic mass is 9.88. The Morgan fingerprint density at radius 3 is 2.73 bits per heavy atom.